The molecular formula is C11H18N2O4S. The van der Waals surface area contributed by atoms with Crippen LogP contribution in [0.3, 0.4) is 0 Å². The van der Waals surface area contributed by atoms with E-state index in [2.05, 4.69) is 4.98 Å². The van der Waals surface area contributed by atoms with Gasteiger partial charge in [0, 0.05) is 32.0 Å². The standard InChI is InChI=1S/C11H18N2O4S/c1-9(2)13(6-7-17-3)18(15,16)10-4-5-11(14)12-8-10/h4-5,8-9H,6-7H2,1-3H3,(H,12,14). The first-order valence-corrected chi connectivity index (χ1v) is 7.03. The van der Waals surface area contributed by atoms with Crippen LogP contribution in [0.1, 0.15) is 13.8 Å². The van der Waals surface area contributed by atoms with Gasteiger partial charge < -0.3 is 9.72 Å². The molecule has 0 radical (unpaired) electrons. The van der Waals surface area contributed by atoms with E-state index in [1.54, 1.807) is 13.8 Å². The van der Waals surface area contributed by atoms with Gasteiger partial charge in [0.1, 0.15) is 0 Å². The average Bonchev–Trinajstić information content (AvgIpc) is 2.29. The minimum atomic E-state index is -3.61. The van der Waals surface area contributed by atoms with E-state index in [0.29, 0.717) is 6.61 Å². The molecule has 0 bridgehead atoms. The Kier molecular flexibility index (Phi) is 5.06. The molecule has 7 heteroatoms. The van der Waals surface area contributed by atoms with Crippen LogP contribution in [-0.2, 0) is 14.8 Å². The Morgan fingerprint density at radius 2 is 2.06 bits per heavy atom. The van der Waals surface area contributed by atoms with E-state index in [1.807, 2.05) is 0 Å². The van der Waals surface area contributed by atoms with Gasteiger partial charge in [-0.1, -0.05) is 0 Å². The number of H-pyrrole nitrogens is 1. The first-order chi connectivity index (χ1) is 8.39. The second-order valence-electron chi connectivity index (χ2n) is 4.09. The van der Waals surface area contributed by atoms with E-state index >= 15 is 0 Å². The largest absolute Gasteiger partial charge is 0.383 e. The van der Waals surface area contributed by atoms with Gasteiger partial charge in [0.2, 0.25) is 15.6 Å². The molecule has 1 aromatic rings. The number of methoxy groups -OCH3 is 1. The second-order valence-corrected chi connectivity index (χ2v) is 5.98. The highest BCUT2D eigenvalue weighted by molar-refractivity contribution is 7.89. The van der Waals surface area contributed by atoms with Crippen LogP contribution < -0.4 is 5.56 Å². The Hall–Kier alpha value is -1.18. The fraction of sp³-hybridized carbons (Fsp3) is 0.545. The summed E-state index contributed by atoms with van der Waals surface area (Å²) >= 11 is 0. The zero-order valence-corrected chi connectivity index (χ0v) is 11.5. The van der Waals surface area contributed by atoms with Gasteiger partial charge in [-0.05, 0) is 19.9 Å². The monoisotopic (exact) mass is 274 g/mol. The summed E-state index contributed by atoms with van der Waals surface area (Å²) in [7, 11) is -2.09. The Labute approximate surface area is 107 Å². The van der Waals surface area contributed by atoms with Crippen molar-refractivity contribution in [2.24, 2.45) is 0 Å². The van der Waals surface area contributed by atoms with Crippen LogP contribution >= 0.6 is 0 Å². The van der Waals surface area contributed by atoms with Crippen molar-refractivity contribution in [3.05, 3.63) is 28.7 Å². The zero-order chi connectivity index (χ0) is 13.8. The highest BCUT2D eigenvalue weighted by Gasteiger charge is 2.26. The SMILES string of the molecule is COCCN(C(C)C)S(=O)(=O)c1ccc(=O)[nH]c1. The van der Waals surface area contributed by atoms with Crippen LogP contribution in [0.5, 0.6) is 0 Å². The molecule has 0 aliphatic carbocycles. The number of nitrogens with one attached hydrogen (secondary N) is 1. The topological polar surface area (TPSA) is 79.5 Å². The van der Waals surface area contributed by atoms with Crippen LogP contribution in [0.25, 0.3) is 0 Å². The molecule has 0 saturated heterocycles. The molecule has 0 aliphatic rings. The molecule has 1 N–H and O–H groups in total. The fourth-order valence-corrected chi connectivity index (χ4v) is 3.12. The van der Waals surface area contributed by atoms with Crippen molar-refractivity contribution >= 4 is 10.0 Å². The molecule has 1 heterocycles. The van der Waals surface area contributed by atoms with Crippen molar-refractivity contribution in [1.29, 1.82) is 0 Å². The van der Waals surface area contributed by atoms with Crippen LogP contribution in [0.4, 0.5) is 0 Å². The van der Waals surface area contributed by atoms with Crippen LogP contribution in [0.2, 0.25) is 0 Å². The summed E-state index contributed by atoms with van der Waals surface area (Å²) in [6.07, 6.45) is 1.21. The maximum Gasteiger partial charge on any atom is 0.247 e. The van der Waals surface area contributed by atoms with Crippen molar-refractivity contribution < 1.29 is 13.2 Å². The van der Waals surface area contributed by atoms with Gasteiger partial charge in [-0.3, -0.25) is 4.79 Å². The fourth-order valence-electron chi connectivity index (χ4n) is 1.53. The predicted molar refractivity (Wildman–Crippen MR) is 68.0 cm³/mol. The molecule has 18 heavy (non-hydrogen) atoms. The number of pyridine rings is 1. The highest BCUT2D eigenvalue weighted by atomic mass is 32.2. The van der Waals surface area contributed by atoms with E-state index in [1.165, 1.54) is 29.7 Å². The second kappa shape index (κ2) is 6.12. The number of hydrogen-bond donors (Lipinski definition) is 1. The molecule has 0 atom stereocenters. The lowest BCUT2D eigenvalue weighted by molar-refractivity contribution is 0.171. The van der Waals surface area contributed by atoms with Gasteiger partial charge in [0.15, 0.2) is 0 Å². The molecule has 1 rings (SSSR count). The quantitative estimate of drug-likeness (QED) is 0.815. The van der Waals surface area contributed by atoms with Crippen molar-refractivity contribution in [2.45, 2.75) is 24.8 Å². The smallest absolute Gasteiger partial charge is 0.247 e. The van der Waals surface area contributed by atoms with Gasteiger partial charge in [-0.25, -0.2) is 8.42 Å². The third-order valence-electron chi connectivity index (χ3n) is 2.45. The zero-order valence-electron chi connectivity index (χ0n) is 10.7. The lowest BCUT2D eigenvalue weighted by Gasteiger charge is -2.25. The van der Waals surface area contributed by atoms with Gasteiger partial charge in [0.05, 0.1) is 11.5 Å². The predicted octanol–water partition coefficient (Wildman–Crippen LogP) is 0.420. The molecule has 0 spiro atoms. The van der Waals surface area contributed by atoms with Gasteiger partial charge in [-0.2, -0.15) is 4.31 Å². The number of hydrogen-bond acceptors (Lipinski definition) is 4. The van der Waals surface area contributed by atoms with E-state index < -0.39 is 10.0 Å². The number of sulfonamides is 1. The lowest BCUT2D eigenvalue weighted by atomic mass is 10.4. The van der Waals surface area contributed by atoms with Crippen molar-refractivity contribution in [1.82, 2.24) is 9.29 Å². The van der Waals surface area contributed by atoms with Crippen LogP contribution in [0, 0.1) is 0 Å². The molecule has 0 saturated carbocycles. The highest BCUT2D eigenvalue weighted by Crippen LogP contribution is 2.16. The Morgan fingerprint density at radius 3 is 2.50 bits per heavy atom. The first-order valence-electron chi connectivity index (χ1n) is 5.59. The molecule has 0 fully saturated rings. The molecule has 6 nitrogen and oxygen atoms in total. The summed E-state index contributed by atoms with van der Waals surface area (Å²) in [6, 6.07) is 2.31. The third-order valence-corrected chi connectivity index (χ3v) is 4.53. The summed E-state index contributed by atoms with van der Waals surface area (Å²) in [6.45, 7) is 4.17. The summed E-state index contributed by atoms with van der Waals surface area (Å²) < 4.78 is 30.9. The van der Waals surface area contributed by atoms with Crippen molar-refractivity contribution in [2.75, 3.05) is 20.3 Å². The van der Waals surface area contributed by atoms with Crippen molar-refractivity contribution in [3.63, 3.8) is 0 Å². The van der Waals surface area contributed by atoms with E-state index in [-0.39, 0.29) is 23.0 Å². The van der Waals surface area contributed by atoms with Crippen molar-refractivity contribution in [3.8, 4) is 0 Å². The number of aromatic nitrogens is 1. The normalized spacial score (nSPS) is 12.3. The average molecular weight is 274 g/mol. The maximum atomic E-state index is 12.3. The summed E-state index contributed by atoms with van der Waals surface area (Å²) in [4.78, 5) is 13.4. The lowest BCUT2D eigenvalue weighted by Crippen LogP contribution is -2.39. The van der Waals surface area contributed by atoms with Gasteiger partial charge >= 0.3 is 0 Å². The number of nitrogens with zero attached hydrogens (tertiary/aromatic N) is 1. The van der Waals surface area contributed by atoms with E-state index in [0.717, 1.165) is 0 Å². The molecular weight excluding hydrogens is 256 g/mol. The molecule has 0 aliphatic heterocycles. The van der Waals surface area contributed by atoms with Gasteiger partial charge in [-0.15, -0.1) is 0 Å². The Balaban J connectivity index is 3.08. The molecule has 102 valence electrons. The molecule has 0 aromatic carbocycles. The van der Waals surface area contributed by atoms with E-state index in [9.17, 15) is 13.2 Å². The van der Waals surface area contributed by atoms with Crippen LogP contribution in [0.15, 0.2) is 28.0 Å². The molecule has 0 unspecified atom stereocenters. The number of aromatic amines is 1. The number of ether oxygens (including phenoxy) is 1. The van der Waals surface area contributed by atoms with Crippen LogP contribution in [-0.4, -0.2) is 44.0 Å². The Bertz CT molecular complexity index is 516. The van der Waals surface area contributed by atoms with Gasteiger partial charge in [0.25, 0.3) is 0 Å². The number of rotatable bonds is 6. The minimum Gasteiger partial charge on any atom is -0.383 e. The summed E-state index contributed by atoms with van der Waals surface area (Å²) in [5.41, 5.74) is -0.332. The molecule has 1 aromatic heterocycles. The Morgan fingerprint density at radius 1 is 1.39 bits per heavy atom. The minimum absolute atomic E-state index is 0.0758. The van der Waals surface area contributed by atoms with E-state index in [4.69, 9.17) is 4.74 Å². The summed E-state index contributed by atoms with van der Waals surface area (Å²) in [5, 5.41) is 0. The maximum absolute atomic E-state index is 12.3. The summed E-state index contributed by atoms with van der Waals surface area (Å²) in [5.74, 6) is 0. The third kappa shape index (κ3) is 3.41. The first kappa shape index (κ1) is 14.9. The molecule has 0 amide bonds.